The van der Waals surface area contributed by atoms with E-state index in [4.69, 9.17) is 14.2 Å². The highest BCUT2D eigenvalue weighted by atomic mass is 16.6. The molecule has 0 aromatic heterocycles. The average molecular weight is 434 g/mol. The molecule has 2 fully saturated rings. The van der Waals surface area contributed by atoms with Gasteiger partial charge in [-0.05, 0) is 18.1 Å². The maximum absolute atomic E-state index is 13.0. The van der Waals surface area contributed by atoms with E-state index in [2.05, 4.69) is 0 Å². The van der Waals surface area contributed by atoms with E-state index >= 15 is 0 Å². The fourth-order valence-electron chi connectivity index (χ4n) is 3.81. The molecule has 170 valence electrons. The highest BCUT2D eigenvalue weighted by molar-refractivity contribution is 6.00. The molecule has 2 aliphatic heterocycles. The van der Waals surface area contributed by atoms with E-state index in [0.29, 0.717) is 56.5 Å². The zero-order valence-corrected chi connectivity index (χ0v) is 18.6. The molecule has 0 spiro atoms. The average Bonchev–Trinajstić information content (AvgIpc) is 3.18. The highest BCUT2D eigenvalue weighted by Gasteiger charge is 2.38. The van der Waals surface area contributed by atoms with Crippen molar-refractivity contribution in [3.05, 3.63) is 18.2 Å². The smallest absolute Gasteiger partial charge is 0.409 e. The lowest BCUT2D eigenvalue weighted by atomic mass is 10.1. The van der Waals surface area contributed by atoms with Gasteiger partial charge in [0.2, 0.25) is 11.8 Å². The Kier molecular flexibility index (Phi) is 7.25. The van der Waals surface area contributed by atoms with Gasteiger partial charge in [-0.2, -0.15) is 0 Å². The van der Waals surface area contributed by atoms with Crippen molar-refractivity contribution in [1.29, 1.82) is 0 Å². The van der Waals surface area contributed by atoms with Gasteiger partial charge in [-0.15, -0.1) is 0 Å². The summed E-state index contributed by atoms with van der Waals surface area (Å²) < 4.78 is 15.8. The van der Waals surface area contributed by atoms with Crippen LogP contribution in [0.15, 0.2) is 18.2 Å². The summed E-state index contributed by atoms with van der Waals surface area (Å²) in [6.45, 7) is 6.42. The second-order valence-corrected chi connectivity index (χ2v) is 8.23. The first-order chi connectivity index (χ1) is 14.8. The Morgan fingerprint density at radius 1 is 1.03 bits per heavy atom. The molecule has 0 saturated carbocycles. The number of hydrogen-bond acceptors (Lipinski definition) is 6. The van der Waals surface area contributed by atoms with E-state index in [9.17, 15) is 14.4 Å². The Morgan fingerprint density at radius 3 is 2.29 bits per heavy atom. The summed E-state index contributed by atoms with van der Waals surface area (Å²) in [6.07, 6.45) is -0.166. The van der Waals surface area contributed by atoms with Crippen molar-refractivity contribution in [2.24, 2.45) is 11.8 Å². The van der Waals surface area contributed by atoms with Gasteiger partial charge in [0.15, 0.2) is 11.5 Å². The van der Waals surface area contributed by atoms with Crippen LogP contribution in [0.1, 0.15) is 20.3 Å². The first kappa shape index (κ1) is 22.7. The third kappa shape index (κ3) is 5.21. The van der Waals surface area contributed by atoms with Gasteiger partial charge in [0, 0.05) is 50.9 Å². The van der Waals surface area contributed by atoms with Gasteiger partial charge in [0.25, 0.3) is 0 Å². The van der Waals surface area contributed by atoms with Gasteiger partial charge < -0.3 is 28.9 Å². The third-order valence-corrected chi connectivity index (χ3v) is 5.54. The quantitative estimate of drug-likeness (QED) is 0.682. The van der Waals surface area contributed by atoms with Crippen molar-refractivity contribution in [3.63, 3.8) is 0 Å². The minimum absolute atomic E-state index is 0.0495. The Balaban J connectivity index is 1.57. The molecular formula is C22H31N3O6. The van der Waals surface area contributed by atoms with E-state index in [-0.39, 0.29) is 30.2 Å². The summed E-state index contributed by atoms with van der Waals surface area (Å²) in [4.78, 5) is 42.7. The van der Waals surface area contributed by atoms with Crippen LogP contribution < -0.4 is 14.4 Å². The van der Waals surface area contributed by atoms with Gasteiger partial charge in [-0.3, -0.25) is 9.59 Å². The fourth-order valence-corrected chi connectivity index (χ4v) is 3.81. The lowest BCUT2D eigenvalue weighted by Crippen LogP contribution is -2.52. The molecule has 1 aromatic carbocycles. The van der Waals surface area contributed by atoms with E-state index in [1.807, 2.05) is 13.8 Å². The number of carbonyl (C=O) groups is 3. The number of methoxy groups -OCH3 is 2. The van der Waals surface area contributed by atoms with Gasteiger partial charge >= 0.3 is 6.09 Å². The lowest BCUT2D eigenvalue weighted by Gasteiger charge is -2.35. The van der Waals surface area contributed by atoms with Crippen LogP contribution in [0.5, 0.6) is 11.5 Å². The molecule has 0 aliphatic carbocycles. The minimum atomic E-state index is -0.403. The van der Waals surface area contributed by atoms with Gasteiger partial charge in [-0.1, -0.05) is 13.8 Å². The molecule has 3 rings (SSSR count). The maximum atomic E-state index is 13.0. The molecule has 0 bridgehead atoms. The maximum Gasteiger partial charge on any atom is 0.409 e. The standard InChI is InChI=1S/C22H31N3O6/c1-15(2)14-31-22(28)24-9-7-23(8-10-24)21(27)16-11-20(26)25(13-16)17-5-6-18(29-3)19(12-17)30-4/h5-6,12,15-16H,7-11,13-14H2,1-4H3. The van der Waals surface area contributed by atoms with Gasteiger partial charge in [0.05, 0.1) is 26.7 Å². The number of piperazine rings is 1. The van der Waals surface area contributed by atoms with Crippen molar-refractivity contribution in [3.8, 4) is 11.5 Å². The molecule has 1 atom stereocenters. The number of amides is 3. The summed E-state index contributed by atoms with van der Waals surface area (Å²) in [5.74, 6) is 0.840. The number of nitrogens with zero attached hydrogens (tertiary/aromatic N) is 3. The molecule has 1 unspecified atom stereocenters. The van der Waals surface area contributed by atoms with Crippen molar-refractivity contribution >= 4 is 23.6 Å². The molecule has 0 radical (unpaired) electrons. The molecule has 0 N–H and O–H groups in total. The number of ether oxygens (including phenoxy) is 3. The SMILES string of the molecule is COc1ccc(N2CC(C(=O)N3CCN(C(=O)OCC(C)C)CC3)CC2=O)cc1OC. The Bertz CT molecular complexity index is 819. The van der Waals surface area contributed by atoms with E-state index in [1.165, 1.54) is 7.11 Å². The first-order valence-corrected chi connectivity index (χ1v) is 10.6. The van der Waals surface area contributed by atoms with Gasteiger partial charge in [-0.25, -0.2) is 4.79 Å². The number of benzene rings is 1. The van der Waals surface area contributed by atoms with Crippen LogP contribution >= 0.6 is 0 Å². The molecule has 2 aliphatic rings. The summed E-state index contributed by atoms with van der Waals surface area (Å²) in [6, 6.07) is 5.27. The second-order valence-electron chi connectivity index (χ2n) is 8.23. The third-order valence-electron chi connectivity index (χ3n) is 5.54. The first-order valence-electron chi connectivity index (χ1n) is 10.6. The predicted molar refractivity (Wildman–Crippen MR) is 114 cm³/mol. The summed E-state index contributed by atoms with van der Waals surface area (Å²) in [5.41, 5.74) is 0.677. The van der Waals surface area contributed by atoms with E-state index in [0.717, 1.165) is 0 Å². The van der Waals surface area contributed by atoms with Crippen molar-refractivity contribution in [2.45, 2.75) is 20.3 Å². The molecule has 9 heteroatoms. The lowest BCUT2D eigenvalue weighted by molar-refractivity contribution is -0.137. The van der Waals surface area contributed by atoms with E-state index in [1.54, 1.807) is 40.0 Å². The van der Waals surface area contributed by atoms with Crippen LogP contribution in [0.3, 0.4) is 0 Å². The van der Waals surface area contributed by atoms with Crippen molar-refractivity contribution in [1.82, 2.24) is 9.80 Å². The summed E-state index contributed by atoms with van der Waals surface area (Å²) in [5, 5.41) is 0. The zero-order valence-electron chi connectivity index (χ0n) is 18.6. The molecule has 31 heavy (non-hydrogen) atoms. The Hall–Kier alpha value is -2.97. The molecule has 2 saturated heterocycles. The topological polar surface area (TPSA) is 88.6 Å². The number of carbonyl (C=O) groups excluding carboxylic acids is 3. The van der Waals surface area contributed by atoms with E-state index < -0.39 is 5.92 Å². The molecule has 2 heterocycles. The summed E-state index contributed by atoms with van der Waals surface area (Å²) in [7, 11) is 3.09. The van der Waals surface area contributed by atoms with Crippen molar-refractivity contribution < 1.29 is 28.6 Å². The summed E-state index contributed by atoms with van der Waals surface area (Å²) >= 11 is 0. The monoisotopic (exact) mass is 433 g/mol. The molecule has 9 nitrogen and oxygen atoms in total. The normalized spacial score (nSPS) is 19.1. The fraction of sp³-hybridized carbons (Fsp3) is 0.591. The second kappa shape index (κ2) is 9.89. The number of anilines is 1. The Morgan fingerprint density at radius 2 is 1.68 bits per heavy atom. The van der Waals surface area contributed by atoms with Crippen LogP contribution in [0, 0.1) is 11.8 Å². The van der Waals surface area contributed by atoms with Crippen LogP contribution in [0.2, 0.25) is 0 Å². The zero-order chi connectivity index (χ0) is 22.5. The van der Waals surface area contributed by atoms with Crippen LogP contribution in [-0.2, 0) is 14.3 Å². The van der Waals surface area contributed by atoms with Crippen LogP contribution in [0.4, 0.5) is 10.5 Å². The minimum Gasteiger partial charge on any atom is -0.493 e. The Labute approximate surface area is 182 Å². The van der Waals surface area contributed by atoms with Crippen LogP contribution in [-0.4, -0.2) is 81.3 Å². The highest BCUT2D eigenvalue weighted by Crippen LogP contribution is 2.34. The van der Waals surface area contributed by atoms with Crippen molar-refractivity contribution in [2.75, 3.05) is 58.5 Å². The molecular weight excluding hydrogens is 402 g/mol. The number of hydrogen-bond donors (Lipinski definition) is 0. The number of rotatable bonds is 6. The molecule has 1 aromatic rings. The molecule has 3 amide bonds. The predicted octanol–water partition coefficient (Wildman–Crippen LogP) is 1.99. The van der Waals surface area contributed by atoms with Gasteiger partial charge in [0.1, 0.15) is 0 Å². The largest absolute Gasteiger partial charge is 0.493 e. The van der Waals surface area contributed by atoms with Crippen LogP contribution in [0.25, 0.3) is 0 Å².